The van der Waals surface area contributed by atoms with Crippen molar-refractivity contribution >= 4 is 28.5 Å². The Hall–Kier alpha value is -1.26. The lowest BCUT2D eigenvalue weighted by atomic mass is 10.1. The molecular weight excluding hydrogens is 260 g/mol. The Morgan fingerprint density at radius 3 is 3.11 bits per heavy atom. The Balaban J connectivity index is 1.60. The highest BCUT2D eigenvalue weighted by atomic mass is 32.2. The number of carbonyl (C=O) groups is 1. The van der Waals surface area contributed by atoms with Gasteiger partial charge in [-0.05, 0) is 18.9 Å². The van der Waals surface area contributed by atoms with Crippen LogP contribution < -0.4 is 0 Å². The van der Waals surface area contributed by atoms with Gasteiger partial charge >= 0.3 is 0 Å². The van der Waals surface area contributed by atoms with Gasteiger partial charge in [-0.1, -0.05) is 18.2 Å². The van der Waals surface area contributed by atoms with Crippen LogP contribution in [0, 0.1) is 0 Å². The van der Waals surface area contributed by atoms with E-state index in [1.165, 1.54) is 0 Å². The number of carbonyl (C=O) groups excluding carboxylic acids is 1. The predicted octanol–water partition coefficient (Wildman–Crippen LogP) is 3.53. The molecule has 1 atom stereocenters. The number of hydrogen-bond donors (Lipinski definition) is 0. The third-order valence-corrected chi connectivity index (χ3v) is 4.42. The van der Waals surface area contributed by atoms with Gasteiger partial charge in [0.2, 0.25) is 0 Å². The van der Waals surface area contributed by atoms with Gasteiger partial charge in [-0.15, -0.1) is 0 Å². The number of hydrogen-bond acceptors (Lipinski definition) is 4. The molecule has 0 spiro atoms. The summed E-state index contributed by atoms with van der Waals surface area (Å²) in [5.74, 6) is 1.53. The molecule has 100 valence electrons. The lowest BCUT2D eigenvalue weighted by Crippen LogP contribution is -2.10. The minimum Gasteiger partial charge on any atom is -0.464 e. The van der Waals surface area contributed by atoms with Crippen LogP contribution in [-0.2, 0) is 4.74 Å². The molecule has 2 aromatic rings. The van der Waals surface area contributed by atoms with E-state index in [4.69, 9.17) is 9.15 Å². The lowest BCUT2D eigenvalue weighted by Gasteiger charge is -2.07. The van der Waals surface area contributed by atoms with E-state index in [-0.39, 0.29) is 5.78 Å². The summed E-state index contributed by atoms with van der Waals surface area (Å²) >= 11 is 1.65. The van der Waals surface area contributed by atoms with Crippen LogP contribution in [-0.4, -0.2) is 30.0 Å². The highest BCUT2D eigenvalue weighted by Gasteiger charge is 2.17. The molecule has 0 bridgehead atoms. The molecule has 1 fully saturated rings. The zero-order valence-corrected chi connectivity index (χ0v) is 11.4. The first-order valence-corrected chi connectivity index (χ1v) is 7.69. The second kappa shape index (κ2) is 5.80. The fourth-order valence-corrected chi connectivity index (χ4v) is 3.31. The predicted molar refractivity (Wildman–Crippen MR) is 76.8 cm³/mol. The first kappa shape index (κ1) is 12.8. The number of furan rings is 1. The van der Waals surface area contributed by atoms with Crippen molar-refractivity contribution in [3.63, 3.8) is 0 Å². The largest absolute Gasteiger partial charge is 0.464 e. The maximum atomic E-state index is 12.2. The van der Waals surface area contributed by atoms with Crippen LogP contribution in [0.4, 0.5) is 0 Å². The SMILES string of the molecule is O=C(CSCC1CCCO1)c1coc2ccccc12. The average molecular weight is 276 g/mol. The molecule has 19 heavy (non-hydrogen) atoms. The number of ether oxygens (including phenoxy) is 1. The summed E-state index contributed by atoms with van der Waals surface area (Å²) in [6.45, 7) is 0.867. The molecular formula is C15H16O3S. The van der Waals surface area contributed by atoms with Crippen LogP contribution in [0.1, 0.15) is 23.2 Å². The topological polar surface area (TPSA) is 39.4 Å². The van der Waals surface area contributed by atoms with Gasteiger partial charge in [0.05, 0.1) is 17.4 Å². The van der Waals surface area contributed by atoms with Crippen LogP contribution in [0.3, 0.4) is 0 Å². The summed E-state index contributed by atoms with van der Waals surface area (Å²) in [7, 11) is 0. The summed E-state index contributed by atoms with van der Waals surface area (Å²) in [4.78, 5) is 12.2. The molecule has 0 radical (unpaired) electrons. The monoisotopic (exact) mass is 276 g/mol. The van der Waals surface area contributed by atoms with Gasteiger partial charge in [-0.25, -0.2) is 0 Å². The molecule has 0 amide bonds. The number of ketones is 1. The van der Waals surface area contributed by atoms with Crippen molar-refractivity contribution < 1.29 is 13.9 Å². The second-order valence-corrected chi connectivity index (χ2v) is 5.75. The zero-order chi connectivity index (χ0) is 13.1. The smallest absolute Gasteiger partial charge is 0.176 e. The number of thioether (sulfide) groups is 1. The fourth-order valence-electron chi connectivity index (χ4n) is 2.33. The molecule has 3 nitrogen and oxygen atoms in total. The summed E-state index contributed by atoms with van der Waals surface area (Å²) < 4.78 is 10.9. The van der Waals surface area contributed by atoms with Crippen molar-refractivity contribution in [2.45, 2.75) is 18.9 Å². The molecule has 4 heteroatoms. The highest BCUT2D eigenvalue weighted by molar-refractivity contribution is 8.00. The van der Waals surface area contributed by atoms with E-state index >= 15 is 0 Å². The van der Waals surface area contributed by atoms with Gasteiger partial charge in [0.25, 0.3) is 0 Å². The van der Waals surface area contributed by atoms with Crippen molar-refractivity contribution in [3.8, 4) is 0 Å². The van der Waals surface area contributed by atoms with Crippen LogP contribution in [0.5, 0.6) is 0 Å². The molecule has 1 aromatic carbocycles. The molecule has 0 aliphatic carbocycles. The van der Waals surface area contributed by atoms with Gasteiger partial charge in [0, 0.05) is 17.7 Å². The standard InChI is InChI=1S/C15H16O3S/c16-14(10-19-9-11-4-3-7-17-11)13-8-18-15-6-2-1-5-12(13)15/h1-2,5-6,8,11H,3-4,7,9-10H2. The van der Waals surface area contributed by atoms with Crippen molar-refractivity contribution in [1.29, 1.82) is 0 Å². The van der Waals surface area contributed by atoms with Crippen LogP contribution in [0.25, 0.3) is 11.0 Å². The molecule has 0 saturated carbocycles. The number of benzene rings is 1. The maximum absolute atomic E-state index is 12.2. The Morgan fingerprint density at radius 2 is 2.26 bits per heavy atom. The minimum atomic E-state index is 0.132. The Morgan fingerprint density at radius 1 is 1.37 bits per heavy atom. The Bertz CT molecular complexity index is 570. The first-order valence-electron chi connectivity index (χ1n) is 6.53. The van der Waals surface area contributed by atoms with E-state index in [9.17, 15) is 4.79 Å². The summed E-state index contributed by atoms with van der Waals surface area (Å²) in [6.07, 6.45) is 4.17. The second-order valence-electron chi connectivity index (χ2n) is 4.72. The molecule has 1 unspecified atom stereocenters. The van der Waals surface area contributed by atoms with E-state index < -0.39 is 0 Å². The third-order valence-electron chi connectivity index (χ3n) is 3.34. The summed E-state index contributed by atoms with van der Waals surface area (Å²) in [6, 6.07) is 7.64. The van der Waals surface area contributed by atoms with E-state index in [0.29, 0.717) is 17.4 Å². The van der Waals surface area contributed by atoms with E-state index in [0.717, 1.165) is 36.2 Å². The van der Waals surface area contributed by atoms with Gasteiger partial charge < -0.3 is 9.15 Å². The van der Waals surface area contributed by atoms with E-state index in [1.54, 1.807) is 18.0 Å². The Labute approximate surface area is 116 Å². The molecule has 1 aromatic heterocycles. The molecule has 1 aliphatic rings. The normalized spacial score (nSPS) is 19.1. The zero-order valence-electron chi connectivity index (χ0n) is 10.6. The summed E-state index contributed by atoms with van der Waals surface area (Å²) in [5, 5.41) is 0.908. The molecule has 1 aliphatic heterocycles. The van der Waals surface area contributed by atoms with Crippen molar-refractivity contribution in [3.05, 3.63) is 36.1 Å². The average Bonchev–Trinajstić information content (AvgIpc) is 3.07. The lowest BCUT2D eigenvalue weighted by molar-refractivity contribution is 0.102. The molecule has 3 rings (SSSR count). The molecule has 1 saturated heterocycles. The number of fused-ring (bicyclic) bond motifs is 1. The minimum absolute atomic E-state index is 0.132. The van der Waals surface area contributed by atoms with Crippen molar-refractivity contribution in [2.24, 2.45) is 0 Å². The van der Waals surface area contributed by atoms with Crippen molar-refractivity contribution in [1.82, 2.24) is 0 Å². The number of rotatable bonds is 5. The fraction of sp³-hybridized carbons (Fsp3) is 0.400. The maximum Gasteiger partial charge on any atom is 0.176 e. The van der Waals surface area contributed by atoms with Crippen LogP contribution in [0.15, 0.2) is 34.9 Å². The van der Waals surface area contributed by atoms with Crippen molar-refractivity contribution in [2.75, 3.05) is 18.1 Å². The molecule has 2 heterocycles. The highest BCUT2D eigenvalue weighted by Crippen LogP contribution is 2.23. The van der Waals surface area contributed by atoms with Gasteiger partial charge in [-0.3, -0.25) is 4.79 Å². The quantitative estimate of drug-likeness (QED) is 0.783. The van der Waals surface area contributed by atoms with Gasteiger partial charge in [0.15, 0.2) is 5.78 Å². The van der Waals surface area contributed by atoms with Crippen LogP contribution in [0.2, 0.25) is 0 Å². The Kier molecular flexibility index (Phi) is 3.89. The first-order chi connectivity index (χ1) is 9.34. The van der Waals surface area contributed by atoms with E-state index in [2.05, 4.69) is 0 Å². The number of Topliss-reactive ketones (excluding diaryl/α,β-unsaturated/α-hetero) is 1. The van der Waals surface area contributed by atoms with E-state index in [1.807, 2.05) is 24.3 Å². The van der Waals surface area contributed by atoms with Crippen LogP contribution >= 0.6 is 11.8 Å². The number of para-hydroxylation sites is 1. The third kappa shape index (κ3) is 2.85. The van der Waals surface area contributed by atoms with Gasteiger partial charge in [0.1, 0.15) is 11.8 Å². The summed E-state index contributed by atoms with van der Waals surface area (Å²) in [5.41, 5.74) is 1.46. The van der Waals surface area contributed by atoms with Gasteiger partial charge in [-0.2, -0.15) is 11.8 Å². The molecule has 0 N–H and O–H groups in total.